The summed E-state index contributed by atoms with van der Waals surface area (Å²) in [5.41, 5.74) is 24.3. The fraction of sp³-hybridized carbons (Fsp3) is 0. The van der Waals surface area contributed by atoms with Gasteiger partial charge in [-0.2, -0.15) is 0 Å². The van der Waals surface area contributed by atoms with Crippen molar-refractivity contribution in [3.8, 4) is 77.9 Å². The van der Waals surface area contributed by atoms with Crippen molar-refractivity contribution < 1.29 is 0 Å². The molecule has 0 saturated carbocycles. The quantitative estimate of drug-likeness (QED) is 0.185. The number of hydrogen-bond acceptors (Lipinski definition) is 1. The Bertz CT molecular complexity index is 2750. The molecule has 0 heterocycles. The van der Waals surface area contributed by atoms with Crippen LogP contribution in [0.5, 0.6) is 0 Å². The van der Waals surface area contributed by atoms with Gasteiger partial charge in [-0.05, 0) is 118 Å². The minimum absolute atomic E-state index is 0.774. The lowest BCUT2D eigenvalue weighted by molar-refractivity contribution is 1.56. The van der Waals surface area contributed by atoms with E-state index < -0.39 is 0 Å². The van der Waals surface area contributed by atoms with Crippen LogP contribution >= 0.6 is 0 Å². The van der Waals surface area contributed by atoms with Crippen molar-refractivity contribution in [1.29, 1.82) is 0 Å². The van der Waals surface area contributed by atoms with Gasteiger partial charge in [0, 0.05) is 5.69 Å². The van der Waals surface area contributed by atoms with E-state index in [9.17, 15) is 0 Å². The lowest BCUT2D eigenvalue weighted by atomic mass is 9.82. The van der Waals surface area contributed by atoms with E-state index in [1.165, 1.54) is 99.4 Å². The van der Waals surface area contributed by atoms with Crippen molar-refractivity contribution in [2.24, 2.45) is 0 Å². The number of nitrogen functional groups attached to an aromatic ring is 1. The van der Waals surface area contributed by atoms with Crippen LogP contribution in [-0.4, -0.2) is 0 Å². The van der Waals surface area contributed by atoms with Gasteiger partial charge in [0.15, 0.2) is 0 Å². The van der Waals surface area contributed by atoms with Gasteiger partial charge in [0.1, 0.15) is 0 Å². The summed E-state index contributed by atoms with van der Waals surface area (Å²) >= 11 is 0. The predicted molar refractivity (Wildman–Crippen MR) is 217 cm³/mol. The van der Waals surface area contributed by atoms with Crippen LogP contribution in [0.25, 0.3) is 99.4 Å². The molecule has 1 aliphatic rings. The zero-order valence-corrected chi connectivity index (χ0v) is 28.0. The average molecular weight is 648 g/mol. The Balaban J connectivity index is 1.19. The highest BCUT2D eigenvalue weighted by Gasteiger charge is 2.30. The lowest BCUT2D eigenvalue weighted by Crippen LogP contribution is -1.94. The van der Waals surface area contributed by atoms with Crippen LogP contribution < -0.4 is 5.73 Å². The number of anilines is 1. The van der Waals surface area contributed by atoms with E-state index >= 15 is 0 Å². The third-order valence-corrected chi connectivity index (χ3v) is 10.6. The highest BCUT2D eigenvalue weighted by atomic mass is 14.5. The summed E-state index contributed by atoms with van der Waals surface area (Å²) < 4.78 is 0. The van der Waals surface area contributed by atoms with Crippen LogP contribution in [0.1, 0.15) is 0 Å². The van der Waals surface area contributed by atoms with E-state index in [-0.39, 0.29) is 0 Å². The SMILES string of the molecule is Nc1ccc(-c2cccc3c(-c4ccc(-c5cc(-c6ccccc6)c6c(c5-c5ccccc5)-c5cccc7cccc-6c57)cc4)cccc23)cc1. The molecule has 0 aromatic heterocycles. The molecule has 0 spiro atoms. The van der Waals surface area contributed by atoms with E-state index in [0.29, 0.717) is 0 Å². The molecule has 0 unspecified atom stereocenters. The van der Waals surface area contributed by atoms with Gasteiger partial charge in [0.05, 0.1) is 0 Å². The molecule has 0 radical (unpaired) electrons. The van der Waals surface area contributed by atoms with Gasteiger partial charge < -0.3 is 5.73 Å². The zero-order chi connectivity index (χ0) is 33.9. The van der Waals surface area contributed by atoms with Crippen molar-refractivity contribution >= 4 is 27.2 Å². The van der Waals surface area contributed by atoms with E-state index in [4.69, 9.17) is 5.73 Å². The van der Waals surface area contributed by atoms with Crippen LogP contribution in [0.2, 0.25) is 0 Å². The number of benzene rings is 9. The first kappa shape index (κ1) is 29.2. The van der Waals surface area contributed by atoms with Gasteiger partial charge in [0.2, 0.25) is 0 Å². The van der Waals surface area contributed by atoms with Crippen LogP contribution in [0.3, 0.4) is 0 Å². The first-order chi connectivity index (χ1) is 25.2. The normalized spacial score (nSPS) is 11.6. The third kappa shape index (κ3) is 4.70. The van der Waals surface area contributed by atoms with Crippen molar-refractivity contribution in [3.63, 3.8) is 0 Å². The Labute approximate surface area is 297 Å². The number of rotatable bonds is 5. The summed E-state index contributed by atoms with van der Waals surface area (Å²) in [6.45, 7) is 0. The summed E-state index contributed by atoms with van der Waals surface area (Å²) in [5, 5.41) is 5.08. The molecule has 9 aromatic rings. The van der Waals surface area contributed by atoms with E-state index in [2.05, 4.69) is 176 Å². The van der Waals surface area contributed by atoms with E-state index in [1.54, 1.807) is 0 Å². The Morgan fingerprint density at radius 3 is 1.29 bits per heavy atom. The molecule has 51 heavy (non-hydrogen) atoms. The molecule has 0 bridgehead atoms. The molecule has 0 atom stereocenters. The van der Waals surface area contributed by atoms with Crippen molar-refractivity contribution in [3.05, 3.63) is 188 Å². The maximum absolute atomic E-state index is 6.02. The van der Waals surface area contributed by atoms with Gasteiger partial charge in [0.25, 0.3) is 0 Å². The van der Waals surface area contributed by atoms with Crippen LogP contribution in [-0.2, 0) is 0 Å². The van der Waals surface area contributed by atoms with Crippen molar-refractivity contribution in [1.82, 2.24) is 0 Å². The van der Waals surface area contributed by atoms with Crippen LogP contribution in [0, 0.1) is 0 Å². The summed E-state index contributed by atoms with van der Waals surface area (Å²) in [4.78, 5) is 0. The average Bonchev–Trinajstić information content (AvgIpc) is 3.53. The minimum Gasteiger partial charge on any atom is -0.399 e. The molecule has 0 saturated heterocycles. The monoisotopic (exact) mass is 647 g/mol. The second-order valence-electron chi connectivity index (χ2n) is 13.4. The van der Waals surface area contributed by atoms with Gasteiger partial charge in [-0.3, -0.25) is 0 Å². The van der Waals surface area contributed by atoms with Crippen LogP contribution in [0.15, 0.2) is 188 Å². The van der Waals surface area contributed by atoms with Gasteiger partial charge in [-0.15, -0.1) is 0 Å². The zero-order valence-electron chi connectivity index (χ0n) is 28.0. The molecular weight excluding hydrogens is 615 g/mol. The Hall–Kier alpha value is -6.70. The Morgan fingerprint density at radius 1 is 0.275 bits per heavy atom. The van der Waals surface area contributed by atoms with Crippen molar-refractivity contribution in [2.45, 2.75) is 0 Å². The maximum Gasteiger partial charge on any atom is 0.0314 e. The van der Waals surface area contributed by atoms with Crippen molar-refractivity contribution in [2.75, 3.05) is 5.73 Å². The molecule has 1 heteroatoms. The number of nitrogens with two attached hydrogens (primary N) is 1. The van der Waals surface area contributed by atoms with Gasteiger partial charge in [-0.25, -0.2) is 0 Å². The standard InChI is InChI=1S/C50H33N/c51-38-29-27-34(28-30-38)40-18-10-19-41-39(17-9-20-42(40)41)33-23-25-35(26-24-33)45-31-46(32-11-3-1-4-12-32)49-43-21-7-15-36-16-8-22-44(47(36)43)50(49)48(45)37-13-5-2-6-14-37/h1-31H,51H2. The highest BCUT2D eigenvalue weighted by molar-refractivity contribution is 6.22. The molecule has 1 nitrogen and oxygen atoms in total. The summed E-state index contributed by atoms with van der Waals surface area (Å²) in [5.74, 6) is 0. The molecule has 0 aliphatic heterocycles. The van der Waals surface area contributed by atoms with E-state index in [1.807, 2.05) is 12.1 Å². The maximum atomic E-state index is 6.02. The minimum atomic E-state index is 0.774. The molecular formula is C50H33N. The smallest absolute Gasteiger partial charge is 0.0314 e. The first-order valence-electron chi connectivity index (χ1n) is 17.6. The number of fused-ring (bicyclic) bond motifs is 4. The summed E-state index contributed by atoms with van der Waals surface area (Å²) in [6, 6.07) is 68.3. The second kappa shape index (κ2) is 11.7. The second-order valence-corrected chi connectivity index (χ2v) is 13.4. The molecule has 1 aliphatic carbocycles. The predicted octanol–water partition coefficient (Wildman–Crippen LogP) is 13.6. The Morgan fingerprint density at radius 2 is 0.706 bits per heavy atom. The fourth-order valence-electron chi connectivity index (χ4n) is 8.27. The highest BCUT2D eigenvalue weighted by Crippen LogP contribution is 2.57. The van der Waals surface area contributed by atoms with Gasteiger partial charge >= 0.3 is 0 Å². The summed E-state index contributed by atoms with van der Waals surface area (Å²) in [7, 11) is 0. The molecule has 9 aromatic carbocycles. The molecule has 10 rings (SSSR count). The molecule has 238 valence electrons. The van der Waals surface area contributed by atoms with Crippen LogP contribution in [0.4, 0.5) is 5.69 Å². The molecule has 0 fully saturated rings. The first-order valence-corrected chi connectivity index (χ1v) is 17.6. The third-order valence-electron chi connectivity index (χ3n) is 10.6. The van der Waals surface area contributed by atoms with E-state index in [0.717, 1.165) is 5.69 Å². The Kier molecular flexibility index (Phi) is 6.72. The largest absolute Gasteiger partial charge is 0.399 e. The number of hydrogen-bond donors (Lipinski definition) is 1. The topological polar surface area (TPSA) is 26.0 Å². The lowest BCUT2D eigenvalue weighted by Gasteiger charge is -2.21. The summed E-state index contributed by atoms with van der Waals surface area (Å²) in [6.07, 6.45) is 0. The molecule has 2 N–H and O–H groups in total. The van der Waals surface area contributed by atoms with Gasteiger partial charge in [-0.1, -0.05) is 170 Å². The molecule has 0 amide bonds. The fourth-order valence-corrected chi connectivity index (χ4v) is 8.27.